The van der Waals surface area contributed by atoms with Crippen LogP contribution in [-0.4, -0.2) is 29.1 Å². The average molecular weight is 487 g/mol. The number of carbonyl (C=O) groups is 1. The lowest BCUT2D eigenvalue weighted by Gasteiger charge is -2.25. The fourth-order valence-corrected chi connectivity index (χ4v) is 5.43. The number of carboxylic acid groups (broad SMARTS) is 1. The molecule has 0 spiro atoms. The van der Waals surface area contributed by atoms with E-state index in [0.717, 1.165) is 52.1 Å². The fourth-order valence-electron chi connectivity index (χ4n) is 4.52. The number of carboxylic acids is 1. The molecule has 2 aliphatic rings. The molecule has 1 unspecified atom stereocenters. The van der Waals surface area contributed by atoms with Gasteiger partial charge in [0.2, 0.25) is 0 Å². The molecule has 2 aromatic rings. The number of hydrogen-bond donors (Lipinski definition) is 1. The van der Waals surface area contributed by atoms with Crippen molar-refractivity contribution in [3.8, 4) is 0 Å². The normalized spacial score (nSPS) is 19.0. The third-order valence-corrected chi connectivity index (χ3v) is 7.29. The van der Waals surface area contributed by atoms with E-state index in [0.29, 0.717) is 13.0 Å². The smallest absolute Gasteiger partial charge is 0.307 e. The molecule has 1 N–H and O–H groups in total. The summed E-state index contributed by atoms with van der Waals surface area (Å²) in [5.41, 5.74) is 8.11. The number of allylic oxidation sites excluding steroid dienone is 3. The number of aryl methyl sites for hydroxylation is 1. The maximum absolute atomic E-state index is 11.4. The van der Waals surface area contributed by atoms with Gasteiger partial charge in [0.05, 0.1) is 5.92 Å². The minimum Gasteiger partial charge on any atom is -0.481 e. The molecule has 4 rings (SSSR count). The van der Waals surface area contributed by atoms with Gasteiger partial charge in [-0.1, -0.05) is 65.3 Å². The van der Waals surface area contributed by atoms with E-state index in [1.807, 2.05) is 12.1 Å². The maximum Gasteiger partial charge on any atom is 0.307 e. The second-order valence-corrected chi connectivity index (χ2v) is 9.41. The monoisotopic (exact) mass is 485 g/mol. The zero-order valence-electron chi connectivity index (χ0n) is 17.0. The number of nitrogens with zero attached hydrogens (tertiary/aromatic N) is 1. The molecule has 1 aliphatic heterocycles. The summed E-state index contributed by atoms with van der Waals surface area (Å²) in [4.78, 5) is 13.6. The molecule has 0 amide bonds. The minimum absolute atomic E-state index is 0.272. The molecule has 30 heavy (non-hydrogen) atoms. The van der Waals surface area contributed by atoms with Crippen LogP contribution in [0, 0.1) is 5.92 Å². The first-order valence-corrected chi connectivity index (χ1v) is 11.5. The zero-order chi connectivity index (χ0) is 21.4. The molecule has 0 aromatic heterocycles. The highest BCUT2D eigenvalue weighted by Gasteiger charge is 2.29. The van der Waals surface area contributed by atoms with Crippen molar-refractivity contribution in [1.82, 2.24) is 4.90 Å². The largest absolute Gasteiger partial charge is 0.481 e. The molecule has 0 radical (unpaired) electrons. The van der Waals surface area contributed by atoms with Gasteiger partial charge >= 0.3 is 5.97 Å². The molecule has 1 saturated heterocycles. The number of likely N-dealkylation sites (tertiary alicyclic amines) is 1. The van der Waals surface area contributed by atoms with Crippen LogP contribution in [0.2, 0.25) is 5.02 Å². The predicted octanol–water partition coefficient (Wildman–Crippen LogP) is 6.22. The first-order valence-electron chi connectivity index (χ1n) is 10.3. The van der Waals surface area contributed by atoms with Crippen molar-refractivity contribution < 1.29 is 9.90 Å². The van der Waals surface area contributed by atoms with Crippen LogP contribution in [0.1, 0.15) is 41.2 Å². The van der Waals surface area contributed by atoms with Crippen LogP contribution in [0.15, 0.2) is 47.5 Å². The summed E-state index contributed by atoms with van der Waals surface area (Å²) in [6.07, 6.45) is 4.59. The number of benzene rings is 2. The molecular formula is C25H25BrClNO2. The van der Waals surface area contributed by atoms with Crippen LogP contribution in [0.5, 0.6) is 0 Å². The third-order valence-electron chi connectivity index (χ3n) is 6.20. The highest BCUT2D eigenvalue weighted by Crippen LogP contribution is 2.39. The van der Waals surface area contributed by atoms with Gasteiger partial charge in [0.25, 0.3) is 0 Å². The molecule has 0 saturated carbocycles. The Morgan fingerprint density at radius 1 is 1.30 bits per heavy atom. The minimum atomic E-state index is -0.697. The number of rotatable bonds is 5. The van der Waals surface area contributed by atoms with E-state index in [1.165, 1.54) is 22.3 Å². The highest BCUT2D eigenvalue weighted by atomic mass is 79.9. The summed E-state index contributed by atoms with van der Waals surface area (Å²) >= 11 is 10.3. The molecule has 1 heterocycles. The van der Waals surface area contributed by atoms with E-state index < -0.39 is 5.97 Å². The fraction of sp³-hybridized carbons (Fsp3) is 0.320. The number of halogens is 2. The first kappa shape index (κ1) is 21.4. The van der Waals surface area contributed by atoms with Crippen LogP contribution >= 0.6 is 27.5 Å². The summed E-state index contributed by atoms with van der Waals surface area (Å²) in [7, 11) is 0. The highest BCUT2D eigenvalue weighted by molar-refractivity contribution is 9.10. The van der Waals surface area contributed by atoms with Gasteiger partial charge < -0.3 is 5.11 Å². The third kappa shape index (κ3) is 4.14. The van der Waals surface area contributed by atoms with Gasteiger partial charge in [0.15, 0.2) is 0 Å². The molecule has 1 fully saturated rings. The van der Waals surface area contributed by atoms with Crippen molar-refractivity contribution >= 4 is 44.6 Å². The molecule has 5 heteroatoms. The first-order chi connectivity index (χ1) is 14.4. The SMILES string of the molecule is C=C1C=C(c2cc(CC)c(Br)cc2CN2CCC(C(=O)O)C2)Cc2c(Cl)cccc21. The lowest BCUT2D eigenvalue weighted by atomic mass is 9.83. The summed E-state index contributed by atoms with van der Waals surface area (Å²) < 4.78 is 1.10. The number of hydrogen-bond acceptors (Lipinski definition) is 2. The maximum atomic E-state index is 11.4. The van der Waals surface area contributed by atoms with Gasteiger partial charge in [0.1, 0.15) is 0 Å². The van der Waals surface area contributed by atoms with Crippen LogP contribution in [-0.2, 0) is 24.2 Å². The van der Waals surface area contributed by atoms with E-state index in [1.54, 1.807) is 0 Å². The predicted molar refractivity (Wildman–Crippen MR) is 127 cm³/mol. The van der Waals surface area contributed by atoms with Crippen molar-refractivity contribution in [2.45, 2.75) is 32.7 Å². The molecule has 0 bridgehead atoms. The van der Waals surface area contributed by atoms with E-state index in [2.05, 4.69) is 58.6 Å². The van der Waals surface area contributed by atoms with Crippen LogP contribution < -0.4 is 0 Å². The second-order valence-electron chi connectivity index (χ2n) is 8.15. The molecule has 1 aliphatic carbocycles. The van der Waals surface area contributed by atoms with Gasteiger partial charge in [-0.15, -0.1) is 0 Å². The summed E-state index contributed by atoms with van der Waals surface area (Å²) in [6, 6.07) is 10.5. The Morgan fingerprint density at radius 2 is 2.10 bits per heavy atom. The van der Waals surface area contributed by atoms with Crippen LogP contribution in [0.3, 0.4) is 0 Å². The van der Waals surface area contributed by atoms with Crippen molar-refractivity contribution in [2.75, 3.05) is 13.1 Å². The topological polar surface area (TPSA) is 40.5 Å². The van der Waals surface area contributed by atoms with Crippen molar-refractivity contribution in [2.24, 2.45) is 5.92 Å². The quantitative estimate of drug-likeness (QED) is 0.545. The van der Waals surface area contributed by atoms with Gasteiger partial charge in [-0.3, -0.25) is 9.69 Å². The summed E-state index contributed by atoms with van der Waals surface area (Å²) in [5.74, 6) is -0.969. The van der Waals surface area contributed by atoms with Crippen LogP contribution in [0.4, 0.5) is 0 Å². The standard InChI is InChI=1S/C25H25BrClNO2/c1-3-16-10-21(18-9-15(2)20-5-4-6-24(27)22(20)11-18)19(12-23(16)26)14-28-8-7-17(13-28)25(29)30/h4-6,9-10,12,17H,2-3,7-8,11,13-14H2,1H3,(H,29,30). The second kappa shape index (κ2) is 8.70. The Hall–Kier alpha value is -1.88. The Bertz CT molecular complexity index is 1060. The Balaban J connectivity index is 1.71. The molecule has 156 valence electrons. The van der Waals surface area contributed by atoms with Gasteiger partial charge in [0, 0.05) is 29.0 Å². The van der Waals surface area contributed by atoms with Gasteiger partial charge in [-0.25, -0.2) is 0 Å². The Kier molecular flexibility index (Phi) is 6.19. The van der Waals surface area contributed by atoms with E-state index >= 15 is 0 Å². The van der Waals surface area contributed by atoms with Crippen molar-refractivity contribution in [3.63, 3.8) is 0 Å². The Labute approximate surface area is 191 Å². The number of fused-ring (bicyclic) bond motifs is 1. The van der Waals surface area contributed by atoms with Gasteiger partial charge in [-0.2, -0.15) is 0 Å². The lowest BCUT2D eigenvalue weighted by Crippen LogP contribution is -2.23. The summed E-state index contributed by atoms with van der Waals surface area (Å²) in [5, 5.41) is 10.1. The lowest BCUT2D eigenvalue weighted by molar-refractivity contribution is -0.141. The molecule has 3 nitrogen and oxygen atoms in total. The van der Waals surface area contributed by atoms with Crippen LogP contribution in [0.25, 0.3) is 11.1 Å². The molecular weight excluding hydrogens is 462 g/mol. The van der Waals surface area contributed by atoms with E-state index in [4.69, 9.17) is 11.6 Å². The molecule has 2 aromatic carbocycles. The van der Waals surface area contributed by atoms with Crippen molar-refractivity contribution in [1.29, 1.82) is 0 Å². The Morgan fingerprint density at radius 3 is 2.80 bits per heavy atom. The zero-order valence-corrected chi connectivity index (χ0v) is 19.4. The number of aliphatic carboxylic acids is 1. The van der Waals surface area contributed by atoms with E-state index in [-0.39, 0.29) is 5.92 Å². The van der Waals surface area contributed by atoms with Crippen molar-refractivity contribution in [3.05, 3.63) is 80.3 Å². The average Bonchev–Trinajstić information content (AvgIpc) is 3.18. The van der Waals surface area contributed by atoms with E-state index in [9.17, 15) is 9.90 Å². The molecule has 1 atom stereocenters. The summed E-state index contributed by atoms with van der Waals surface area (Å²) in [6.45, 7) is 8.58. The van der Waals surface area contributed by atoms with Gasteiger partial charge in [-0.05, 0) is 70.5 Å².